The molecule has 0 aliphatic heterocycles. The second kappa shape index (κ2) is 5.13. The summed E-state index contributed by atoms with van der Waals surface area (Å²) < 4.78 is 2.25. The van der Waals surface area contributed by atoms with Crippen molar-refractivity contribution in [1.29, 1.82) is 0 Å². The largest absolute Gasteiger partial charge is 0.481 e. The molecule has 5 heteroatoms. The van der Waals surface area contributed by atoms with E-state index < -0.39 is 5.97 Å². The van der Waals surface area contributed by atoms with Crippen molar-refractivity contribution in [2.24, 2.45) is 5.92 Å². The van der Waals surface area contributed by atoms with Gasteiger partial charge < -0.3 is 9.67 Å². The number of para-hydroxylation sites is 1. The fourth-order valence-electron chi connectivity index (χ4n) is 2.77. The van der Waals surface area contributed by atoms with E-state index in [1.165, 1.54) is 24.6 Å². The van der Waals surface area contributed by atoms with E-state index in [9.17, 15) is 4.79 Å². The number of rotatable bonds is 5. The van der Waals surface area contributed by atoms with Crippen LogP contribution in [0.5, 0.6) is 0 Å². The molecular formula is C15H18N2O2S. The number of carboxylic acids is 1. The van der Waals surface area contributed by atoms with Gasteiger partial charge in [0.1, 0.15) is 0 Å². The summed E-state index contributed by atoms with van der Waals surface area (Å²) in [6.45, 7) is 4.26. The molecule has 1 fully saturated rings. The van der Waals surface area contributed by atoms with Crippen molar-refractivity contribution >= 4 is 28.8 Å². The van der Waals surface area contributed by atoms with Crippen LogP contribution in [0.4, 0.5) is 0 Å². The minimum atomic E-state index is -0.798. The SMILES string of the molecule is CCC1CC1n1c(SCC(=O)O)nc2c(C)cccc21. The Kier molecular flexibility index (Phi) is 3.46. The molecule has 1 aromatic heterocycles. The first-order chi connectivity index (χ1) is 9.61. The van der Waals surface area contributed by atoms with E-state index in [0.29, 0.717) is 12.0 Å². The van der Waals surface area contributed by atoms with Gasteiger partial charge in [0.15, 0.2) is 5.16 Å². The molecule has 1 aromatic carbocycles. The molecule has 3 rings (SSSR count). The molecule has 2 atom stereocenters. The summed E-state index contributed by atoms with van der Waals surface area (Å²) in [5.74, 6) is -0.0310. The zero-order chi connectivity index (χ0) is 14.3. The third-order valence-corrected chi connectivity index (χ3v) is 4.89. The molecule has 4 nitrogen and oxygen atoms in total. The molecule has 1 heterocycles. The Hall–Kier alpha value is -1.49. The lowest BCUT2D eigenvalue weighted by atomic mass is 10.2. The Balaban J connectivity index is 2.05. The highest BCUT2D eigenvalue weighted by Gasteiger charge is 2.39. The highest BCUT2D eigenvalue weighted by Crippen LogP contribution is 2.49. The van der Waals surface area contributed by atoms with Crippen molar-refractivity contribution in [3.05, 3.63) is 23.8 Å². The first kappa shape index (κ1) is 13.5. The molecule has 0 saturated heterocycles. The number of fused-ring (bicyclic) bond motifs is 1. The quantitative estimate of drug-likeness (QED) is 0.856. The third-order valence-electron chi connectivity index (χ3n) is 3.96. The minimum Gasteiger partial charge on any atom is -0.481 e. The predicted molar refractivity (Wildman–Crippen MR) is 80.3 cm³/mol. The van der Waals surface area contributed by atoms with Crippen LogP contribution in [0.1, 0.15) is 31.4 Å². The van der Waals surface area contributed by atoms with Crippen molar-refractivity contribution in [3.63, 3.8) is 0 Å². The summed E-state index contributed by atoms with van der Waals surface area (Å²) in [5.41, 5.74) is 3.29. The maximum absolute atomic E-state index is 10.8. The smallest absolute Gasteiger partial charge is 0.313 e. The minimum absolute atomic E-state index is 0.0614. The maximum Gasteiger partial charge on any atom is 0.313 e. The van der Waals surface area contributed by atoms with Crippen LogP contribution < -0.4 is 0 Å². The number of aliphatic carboxylic acids is 1. The average Bonchev–Trinajstić information content (AvgIpc) is 3.09. The zero-order valence-electron chi connectivity index (χ0n) is 11.7. The van der Waals surface area contributed by atoms with Crippen molar-refractivity contribution in [1.82, 2.24) is 9.55 Å². The normalized spacial score (nSPS) is 21.3. The molecule has 2 unspecified atom stereocenters. The Morgan fingerprint density at radius 2 is 2.35 bits per heavy atom. The molecule has 1 N–H and O–H groups in total. The number of hydrogen-bond donors (Lipinski definition) is 1. The van der Waals surface area contributed by atoms with E-state index in [-0.39, 0.29) is 5.75 Å². The maximum atomic E-state index is 10.8. The number of benzene rings is 1. The monoisotopic (exact) mass is 290 g/mol. The van der Waals surface area contributed by atoms with Crippen LogP contribution in [0, 0.1) is 12.8 Å². The molecule has 106 valence electrons. The molecule has 2 aromatic rings. The van der Waals surface area contributed by atoms with Gasteiger partial charge in [0.25, 0.3) is 0 Å². The van der Waals surface area contributed by atoms with Gasteiger partial charge in [-0.1, -0.05) is 37.2 Å². The summed E-state index contributed by atoms with van der Waals surface area (Å²) in [6.07, 6.45) is 2.34. The molecular weight excluding hydrogens is 272 g/mol. The standard InChI is InChI=1S/C15H18N2O2S/c1-3-10-7-12(10)17-11-6-4-5-9(2)14(11)16-15(17)20-8-13(18)19/h4-6,10,12H,3,7-8H2,1-2H3,(H,18,19). The molecule has 0 radical (unpaired) electrons. The van der Waals surface area contributed by atoms with Gasteiger partial charge in [-0.2, -0.15) is 0 Å². The molecule has 0 spiro atoms. The van der Waals surface area contributed by atoms with E-state index in [4.69, 9.17) is 5.11 Å². The van der Waals surface area contributed by atoms with Crippen LogP contribution in [-0.4, -0.2) is 26.4 Å². The first-order valence-electron chi connectivity index (χ1n) is 6.94. The lowest BCUT2D eigenvalue weighted by Crippen LogP contribution is -2.03. The fourth-order valence-corrected chi connectivity index (χ4v) is 3.55. The van der Waals surface area contributed by atoms with Crippen molar-refractivity contribution in [2.45, 2.75) is 37.9 Å². The number of carbonyl (C=O) groups is 1. The second-order valence-electron chi connectivity index (χ2n) is 5.36. The number of imidazole rings is 1. The summed E-state index contributed by atoms with van der Waals surface area (Å²) >= 11 is 1.32. The first-order valence-corrected chi connectivity index (χ1v) is 7.92. The van der Waals surface area contributed by atoms with E-state index in [1.807, 2.05) is 6.07 Å². The van der Waals surface area contributed by atoms with Gasteiger partial charge in [0.2, 0.25) is 0 Å². The molecule has 1 saturated carbocycles. The topological polar surface area (TPSA) is 55.1 Å². The number of hydrogen-bond acceptors (Lipinski definition) is 3. The van der Waals surface area contributed by atoms with E-state index in [1.54, 1.807) is 0 Å². The highest BCUT2D eigenvalue weighted by atomic mass is 32.2. The Labute approximate surface area is 122 Å². The molecule has 0 amide bonds. The molecule has 20 heavy (non-hydrogen) atoms. The predicted octanol–water partition coefficient (Wildman–Crippen LogP) is 3.49. The summed E-state index contributed by atoms with van der Waals surface area (Å²) in [6, 6.07) is 6.68. The molecule has 1 aliphatic rings. The van der Waals surface area contributed by atoms with Crippen molar-refractivity contribution in [2.75, 3.05) is 5.75 Å². The van der Waals surface area contributed by atoms with Gasteiger partial charge in [-0.05, 0) is 30.9 Å². The van der Waals surface area contributed by atoms with Crippen LogP contribution in [0.2, 0.25) is 0 Å². The Morgan fingerprint density at radius 1 is 1.55 bits per heavy atom. The number of carboxylic acid groups (broad SMARTS) is 1. The van der Waals surface area contributed by atoms with Crippen LogP contribution in [-0.2, 0) is 4.79 Å². The lowest BCUT2D eigenvalue weighted by molar-refractivity contribution is -0.133. The van der Waals surface area contributed by atoms with Gasteiger partial charge in [-0.15, -0.1) is 0 Å². The van der Waals surface area contributed by atoms with Crippen LogP contribution >= 0.6 is 11.8 Å². The second-order valence-corrected chi connectivity index (χ2v) is 6.30. The summed E-state index contributed by atoms with van der Waals surface area (Å²) in [5, 5.41) is 9.73. The van der Waals surface area contributed by atoms with Crippen LogP contribution in [0.3, 0.4) is 0 Å². The lowest BCUT2D eigenvalue weighted by Gasteiger charge is -2.07. The molecule has 0 bridgehead atoms. The molecule has 1 aliphatic carbocycles. The van der Waals surface area contributed by atoms with Gasteiger partial charge in [0, 0.05) is 6.04 Å². The van der Waals surface area contributed by atoms with Gasteiger partial charge >= 0.3 is 5.97 Å². The van der Waals surface area contributed by atoms with E-state index in [2.05, 4.69) is 35.5 Å². The van der Waals surface area contributed by atoms with E-state index >= 15 is 0 Å². The third kappa shape index (κ3) is 2.30. The van der Waals surface area contributed by atoms with Gasteiger partial charge in [-0.3, -0.25) is 4.79 Å². The number of nitrogens with zero attached hydrogens (tertiary/aromatic N) is 2. The number of aromatic nitrogens is 2. The van der Waals surface area contributed by atoms with Crippen LogP contribution in [0.25, 0.3) is 11.0 Å². The fraction of sp³-hybridized carbons (Fsp3) is 0.467. The summed E-state index contributed by atoms with van der Waals surface area (Å²) in [7, 11) is 0. The van der Waals surface area contributed by atoms with Gasteiger partial charge in [-0.25, -0.2) is 4.98 Å². The zero-order valence-corrected chi connectivity index (χ0v) is 12.5. The van der Waals surface area contributed by atoms with E-state index in [0.717, 1.165) is 21.8 Å². The van der Waals surface area contributed by atoms with Gasteiger partial charge in [0.05, 0.1) is 16.8 Å². The Bertz CT molecular complexity index is 665. The summed E-state index contributed by atoms with van der Waals surface area (Å²) in [4.78, 5) is 15.5. The highest BCUT2D eigenvalue weighted by molar-refractivity contribution is 7.99. The van der Waals surface area contributed by atoms with Crippen molar-refractivity contribution in [3.8, 4) is 0 Å². The van der Waals surface area contributed by atoms with Crippen LogP contribution in [0.15, 0.2) is 23.4 Å². The average molecular weight is 290 g/mol. The Morgan fingerprint density at radius 3 is 3.00 bits per heavy atom. The van der Waals surface area contributed by atoms with Crippen molar-refractivity contribution < 1.29 is 9.90 Å². The number of thioether (sulfide) groups is 1. The number of aryl methyl sites for hydroxylation is 1.